The van der Waals surface area contributed by atoms with Crippen molar-refractivity contribution in [2.45, 2.75) is 24.7 Å². The maximum Gasteiger partial charge on any atom is 0.337 e. The van der Waals surface area contributed by atoms with Gasteiger partial charge in [0.2, 0.25) is 12.7 Å². The molecule has 1 aliphatic rings. The van der Waals surface area contributed by atoms with Gasteiger partial charge >= 0.3 is 5.97 Å². The third kappa shape index (κ3) is 5.89. The molecule has 0 radical (unpaired) electrons. The molecule has 4 aromatic rings. The van der Waals surface area contributed by atoms with E-state index < -0.39 is 27.8 Å². The summed E-state index contributed by atoms with van der Waals surface area (Å²) < 4.78 is 49.6. The van der Waals surface area contributed by atoms with Gasteiger partial charge in [0.1, 0.15) is 10.6 Å². The molecule has 5 rings (SSSR count). The number of hydrogen-bond donors (Lipinski definition) is 1. The molecule has 3 aromatic carbocycles. The average Bonchev–Trinajstić information content (AvgIpc) is 3.56. The van der Waals surface area contributed by atoms with E-state index in [1.165, 1.54) is 20.3 Å². The maximum atomic E-state index is 12.9. The number of aryl methyl sites for hydroxylation is 2. The summed E-state index contributed by atoms with van der Waals surface area (Å²) >= 11 is 0. The largest absolute Gasteiger partial charge is 0.495 e. The Morgan fingerprint density at radius 1 is 1.00 bits per heavy atom. The van der Waals surface area contributed by atoms with E-state index in [2.05, 4.69) is 4.72 Å². The van der Waals surface area contributed by atoms with Gasteiger partial charge in [-0.05, 0) is 61.4 Å². The lowest BCUT2D eigenvalue weighted by Crippen LogP contribution is -2.34. The number of sulfonamides is 1. The van der Waals surface area contributed by atoms with Gasteiger partial charge in [0.15, 0.2) is 11.5 Å². The zero-order valence-electron chi connectivity index (χ0n) is 22.8. The SMILES string of the molecule is COC(=O)c1ccc2c(C(C)C(=O)NS(=O)(=O)c3ccc(C)cc3OC)cn(C)c2c1.c1ccc2c(c1)OCO2. The summed E-state index contributed by atoms with van der Waals surface area (Å²) in [6.07, 6.45) is 1.75. The third-order valence-corrected chi connectivity index (χ3v) is 7.81. The van der Waals surface area contributed by atoms with E-state index in [4.69, 9.17) is 18.9 Å². The van der Waals surface area contributed by atoms with Crippen molar-refractivity contribution in [2.75, 3.05) is 21.0 Å². The molecule has 0 saturated heterocycles. The second kappa shape index (κ2) is 11.7. The molecule has 0 bridgehead atoms. The predicted molar refractivity (Wildman–Crippen MR) is 148 cm³/mol. The number of fused-ring (bicyclic) bond motifs is 2. The molecule has 1 aliphatic heterocycles. The Labute approximate surface area is 232 Å². The van der Waals surface area contributed by atoms with Crippen molar-refractivity contribution in [2.24, 2.45) is 7.05 Å². The minimum Gasteiger partial charge on any atom is -0.495 e. The van der Waals surface area contributed by atoms with E-state index in [0.29, 0.717) is 17.9 Å². The quantitative estimate of drug-likeness (QED) is 0.343. The van der Waals surface area contributed by atoms with Crippen LogP contribution in [0.15, 0.2) is 71.8 Å². The zero-order chi connectivity index (χ0) is 29.0. The van der Waals surface area contributed by atoms with Gasteiger partial charge in [-0.2, -0.15) is 0 Å². The fourth-order valence-electron chi connectivity index (χ4n) is 4.26. The van der Waals surface area contributed by atoms with E-state index in [9.17, 15) is 18.0 Å². The second-order valence-electron chi connectivity index (χ2n) is 9.12. The Hall–Kier alpha value is -4.51. The standard InChI is InChI=1S/C22H24N2O6S.C7H6O2/c1-13-6-9-20(19(10-13)29-4)31(27,28)23-21(25)14(2)17-12-24(3)18-11-15(22(26)30-5)7-8-16(17)18;1-2-4-7-6(3-1)8-5-9-7/h6-12,14H,1-5H3,(H,23,25);1-4H,5H2. The van der Waals surface area contributed by atoms with E-state index in [1.807, 2.05) is 31.2 Å². The van der Waals surface area contributed by atoms with Crippen LogP contribution in [0.1, 0.15) is 34.3 Å². The van der Waals surface area contributed by atoms with Crippen molar-refractivity contribution in [3.8, 4) is 17.2 Å². The molecule has 10 nitrogen and oxygen atoms in total. The van der Waals surface area contributed by atoms with Gasteiger partial charge in [-0.3, -0.25) is 4.79 Å². The number of para-hydroxylation sites is 2. The van der Waals surface area contributed by atoms with E-state index in [-0.39, 0.29) is 10.6 Å². The summed E-state index contributed by atoms with van der Waals surface area (Å²) in [6, 6.07) is 17.3. The number of hydrogen-bond acceptors (Lipinski definition) is 8. The number of carbonyl (C=O) groups is 2. The Morgan fingerprint density at radius 3 is 2.30 bits per heavy atom. The third-order valence-electron chi connectivity index (χ3n) is 6.42. The highest BCUT2D eigenvalue weighted by molar-refractivity contribution is 7.90. The van der Waals surface area contributed by atoms with Crippen LogP contribution in [0.5, 0.6) is 17.2 Å². The number of nitrogens with zero attached hydrogens (tertiary/aromatic N) is 1. The second-order valence-corrected chi connectivity index (χ2v) is 10.8. The van der Waals surface area contributed by atoms with Crippen molar-refractivity contribution >= 4 is 32.8 Å². The summed E-state index contributed by atoms with van der Waals surface area (Å²) in [5.41, 5.74) is 2.57. The molecule has 1 amide bonds. The Morgan fingerprint density at radius 2 is 1.68 bits per heavy atom. The number of carbonyl (C=O) groups excluding carboxylic acids is 2. The van der Waals surface area contributed by atoms with Crippen LogP contribution in [0.2, 0.25) is 0 Å². The molecule has 11 heteroatoms. The fraction of sp³-hybridized carbons (Fsp3) is 0.241. The maximum absolute atomic E-state index is 12.9. The average molecular weight is 567 g/mol. The number of methoxy groups -OCH3 is 2. The smallest absolute Gasteiger partial charge is 0.337 e. The Bertz CT molecular complexity index is 1650. The van der Waals surface area contributed by atoms with E-state index >= 15 is 0 Å². The van der Waals surface area contributed by atoms with Crippen LogP contribution in [-0.2, 0) is 26.6 Å². The first kappa shape index (κ1) is 28.5. The Balaban J connectivity index is 0.000000343. The molecule has 1 N–H and O–H groups in total. The first-order valence-corrected chi connectivity index (χ1v) is 13.8. The normalized spacial score (nSPS) is 12.7. The molecule has 1 aromatic heterocycles. The zero-order valence-corrected chi connectivity index (χ0v) is 23.6. The van der Waals surface area contributed by atoms with Crippen LogP contribution in [0.4, 0.5) is 0 Å². The summed E-state index contributed by atoms with van der Waals surface area (Å²) in [5.74, 6) is -0.0527. The minimum absolute atomic E-state index is 0.109. The van der Waals surface area contributed by atoms with E-state index in [0.717, 1.165) is 28.0 Å². The van der Waals surface area contributed by atoms with Gasteiger partial charge in [0.25, 0.3) is 10.0 Å². The molecule has 2 heterocycles. The molecule has 0 aliphatic carbocycles. The van der Waals surface area contributed by atoms with Gasteiger partial charge in [-0.25, -0.2) is 17.9 Å². The molecule has 0 spiro atoms. The predicted octanol–water partition coefficient (Wildman–Crippen LogP) is 4.31. The van der Waals surface area contributed by atoms with Crippen LogP contribution in [0.3, 0.4) is 0 Å². The minimum atomic E-state index is -4.13. The van der Waals surface area contributed by atoms with Crippen LogP contribution >= 0.6 is 0 Å². The number of nitrogens with one attached hydrogen (secondary N) is 1. The van der Waals surface area contributed by atoms with Crippen LogP contribution in [0.25, 0.3) is 10.9 Å². The molecule has 1 unspecified atom stereocenters. The summed E-state index contributed by atoms with van der Waals surface area (Å²) in [4.78, 5) is 24.6. The fourth-order valence-corrected chi connectivity index (χ4v) is 5.47. The van der Waals surface area contributed by atoms with Gasteiger partial charge in [-0.1, -0.05) is 24.3 Å². The van der Waals surface area contributed by atoms with Crippen molar-refractivity contribution < 1.29 is 37.0 Å². The summed E-state index contributed by atoms with van der Waals surface area (Å²) in [5, 5.41) is 0.739. The van der Waals surface area contributed by atoms with Gasteiger partial charge in [-0.15, -0.1) is 0 Å². The van der Waals surface area contributed by atoms with E-state index in [1.54, 1.807) is 55.1 Å². The molecule has 0 saturated carbocycles. The molecule has 210 valence electrons. The number of rotatable bonds is 6. The van der Waals surface area contributed by atoms with Crippen LogP contribution < -0.4 is 18.9 Å². The number of ether oxygens (including phenoxy) is 4. The first-order valence-electron chi connectivity index (χ1n) is 12.3. The van der Waals surface area contributed by atoms with Crippen molar-refractivity contribution in [1.29, 1.82) is 0 Å². The van der Waals surface area contributed by atoms with Gasteiger partial charge in [0, 0.05) is 24.1 Å². The Kier molecular flexibility index (Phi) is 8.34. The number of esters is 1. The highest BCUT2D eigenvalue weighted by Gasteiger charge is 2.27. The van der Waals surface area contributed by atoms with Gasteiger partial charge < -0.3 is 23.5 Å². The van der Waals surface area contributed by atoms with Crippen LogP contribution in [-0.4, -0.2) is 45.9 Å². The molecule has 0 fully saturated rings. The lowest BCUT2D eigenvalue weighted by Gasteiger charge is -2.14. The number of aromatic nitrogens is 1. The first-order chi connectivity index (χ1) is 19.1. The topological polar surface area (TPSA) is 122 Å². The lowest BCUT2D eigenvalue weighted by molar-refractivity contribution is -0.120. The molecule has 1 atom stereocenters. The molecule has 40 heavy (non-hydrogen) atoms. The lowest BCUT2D eigenvalue weighted by atomic mass is 9.99. The molecular formula is C29H30N2O8S. The molecular weight excluding hydrogens is 536 g/mol. The number of benzene rings is 3. The monoisotopic (exact) mass is 566 g/mol. The summed E-state index contributed by atoms with van der Waals surface area (Å²) in [7, 11) is 0.327. The van der Waals surface area contributed by atoms with Crippen LogP contribution in [0, 0.1) is 6.92 Å². The van der Waals surface area contributed by atoms with Gasteiger partial charge in [0.05, 0.1) is 25.7 Å². The van der Waals surface area contributed by atoms with Crippen molar-refractivity contribution in [3.05, 3.63) is 83.6 Å². The summed E-state index contributed by atoms with van der Waals surface area (Å²) in [6.45, 7) is 3.80. The number of amides is 1. The highest BCUT2D eigenvalue weighted by atomic mass is 32.2. The van der Waals surface area contributed by atoms with Crippen molar-refractivity contribution in [1.82, 2.24) is 9.29 Å². The van der Waals surface area contributed by atoms with Crippen molar-refractivity contribution in [3.63, 3.8) is 0 Å². The highest BCUT2D eigenvalue weighted by Crippen LogP contribution is 2.31.